The van der Waals surface area contributed by atoms with Crippen molar-refractivity contribution >= 4 is 24.0 Å². The van der Waals surface area contributed by atoms with Crippen LogP contribution in [0.1, 0.15) is 16.7 Å². The van der Waals surface area contributed by atoms with Gasteiger partial charge in [0.1, 0.15) is 0 Å². The summed E-state index contributed by atoms with van der Waals surface area (Å²) in [7, 11) is 0. The summed E-state index contributed by atoms with van der Waals surface area (Å²) in [6.07, 6.45) is 0. The van der Waals surface area contributed by atoms with Gasteiger partial charge in [-0.3, -0.25) is 0 Å². The Kier molecular flexibility index (Phi) is 6.23. The van der Waals surface area contributed by atoms with Crippen LogP contribution >= 0.6 is 24.0 Å². The van der Waals surface area contributed by atoms with E-state index in [9.17, 15) is 0 Å². The van der Waals surface area contributed by atoms with Crippen molar-refractivity contribution in [2.45, 2.75) is 19.6 Å². The zero-order valence-electron chi connectivity index (χ0n) is 7.49. The van der Waals surface area contributed by atoms with Crippen LogP contribution < -0.4 is 17.2 Å². The van der Waals surface area contributed by atoms with E-state index in [2.05, 4.69) is 0 Å². The van der Waals surface area contributed by atoms with E-state index in [4.69, 9.17) is 17.2 Å². The molecule has 4 heteroatoms. The van der Waals surface area contributed by atoms with Crippen LogP contribution in [0.5, 0.6) is 0 Å². The van der Waals surface area contributed by atoms with Crippen LogP contribution in [0, 0.1) is 0 Å². The van der Waals surface area contributed by atoms with Gasteiger partial charge in [-0.15, -0.1) is 24.0 Å². The third-order valence-electron chi connectivity index (χ3n) is 2.01. The minimum absolute atomic E-state index is 0. The number of hydrogen-bond donors (Lipinski definition) is 3. The first-order chi connectivity index (χ1) is 5.83. The molecule has 13 heavy (non-hydrogen) atoms. The maximum atomic E-state index is 5.59. The Hall–Kier alpha value is -0.170. The van der Waals surface area contributed by atoms with Gasteiger partial charge in [0, 0.05) is 19.6 Å². The zero-order chi connectivity index (χ0) is 8.97. The highest BCUT2D eigenvalue weighted by Gasteiger charge is 2.02. The third kappa shape index (κ3) is 2.91. The maximum Gasteiger partial charge on any atom is 0.0184 e. The summed E-state index contributed by atoms with van der Waals surface area (Å²) in [6.45, 7) is 1.57. The average molecular weight is 293 g/mol. The number of hydrogen-bond acceptors (Lipinski definition) is 3. The first kappa shape index (κ1) is 12.8. The molecule has 74 valence electrons. The van der Waals surface area contributed by atoms with Crippen molar-refractivity contribution in [1.82, 2.24) is 0 Å². The second-order valence-electron chi connectivity index (χ2n) is 2.67. The monoisotopic (exact) mass is 293 g/mol. The molecule has 0 heterocycles. The van der Waals surface area contributed by atoms with Gasteiger partial charge in [0.05, 0.1) is 0 Å². The summed E-state index contributed by atoms with van der Waals surface area (Å²) in [5.74, 6) is 0. The Balaban J connectivity index is 0.00000144. The average Bonchev–Trinajstić information content (AvgIpc) is 2.16. The first-order valence-electron chi connectivity index (χ1n) is 4.03. The van der Waals surface area contributed by atoms with E-state index in [1.165, 1.54) is 0 Å². The Labute approximate surface area is 95.7 Å². The molecule has 0 amide bonds. The quantitative estimate of drug-likeness (QED) is 0.717. The molecule has 0 fully saturated rings. The van der Waals surface area contributed by atoms with Crippen LogP contribution in [-0.2, 0) is 19.6 Å². The predicted molar refractivity (Wildman–Crippen MR) is 65.5 cm³/mol. The Bertz CT molecular complexity index is 241. The summed E-state index contributed by atoms with van der Waals surface area (Å²) in [5.41, 5.74) is 20.0. The highest BCUT2D eigenvalue weighted by atomic mass is 127. The number of nitrogens with two attached hydrogens (primary N) is 3. The summed E-state index contributed by atoms with van der Waals surface area (Å²) in [5, 5.41) is 0. The highest BCUT2D eigenvalue weighted by molar-refractivity contribution is 14.0. The topological polar surface area (TPSA) is 78.1 Å². The molecule has 0 aliphatic rings. The van der Waals surface area contributed by atoms with Crippen molar-refractivity contribution in [3.05, 3.63) is 34.9 Å². The second-order valence-corrected chi connectivity index (χ2v) is 2.67. The standard InChI is InChI=1S/C9H15N3.HI/c10-4-7-2-1-3-8(5-11)9(7)6-12;/h1-3H,4-6,10-12H2;1H. The molecule has 1 aromatic rings. The van der Waals surface area contributed by atoms with E-state index < -0.39 is 0 Å². The van der Waals surface area contributed by atoms with Gasteiger partial charge in [0.2, 0.25) is 0 Å². The molecular weight excluding hydrogens is 277 g/mol. The fourth-order valence-corrected chi connectivity index (χ4v) is 1.33. The molecule has 3 nitrogen and oxygen atoms in total. The van der Waals surface area contributed by atoms with E-state index in [0.717, 1.165) is 16.7 Å². The minimum atomic E-state index is 0. The summed E-state index contributed by atoms with van der Waals surface area (Å²) in [6, 6.07) is 5.94. The third-order valence-corrected chi connectivity index (χ3v) is 2.01. The van der Waals surface area contributed by atoms with Crippen molar-refractivity contribution in [2.75, 3.05) is 0 Å². The van der Waals surface area contributed by atoms with Crippen LogP contribution in [-0.4, -0.2) is 0 Å². The lowest BCUT2D eigenvalue weighted by Gasteiger charge is -2.09. The van der Waals surface area contributed by atoms with Gasteiger partial charge in [0.15, 0.2) is 0 Å². The second kappa shape index (κ2) is 6.31. The van der Waals surface area contributed by atoms with Crippen LogP contribution in [0.4, 0.5) is 0 Å². The van der Waals surface area contributed by atoms with Crippen molar-refractivity contribution in [2.24, 2.45) is 17.2 Å². The molecule has 0 saturated carbocycles. The molecule has 1 aromatic carbocycles. The molecule has 0 radical (unpaired) electrons. The predicted octanol–water partition coefficient (Wildman–Crippen LogP) is 0.681. The van der Waals surface area contributed by atoms with Crippen molar-refractivity contribution in [3.63, 3.8) is 0 Å². The molecule has 0 bridgehead atoms. The lowest BCUT2D eigenvalue weighted by molar-refractivity contribution is 0.929. The number of benzene rings is 1. The van der Waals surface area contributed by atoms with Crippen LogP contribution in [0.25, 0.3) is 0 Å². The van der Waals surface area contributed by atoms with Crippen molar-refractivity contribution < 1.29 is 0 Å². The molecule has 6 N–H and O–H groups in total. The van der Waals surface area contributed by atoms with Gasteiger partial charge in [-0.05, 0) is 16.7 Å². The summed E-state index contributed by atoms with van der Waals surface area (Å²) < 4.78 is 0. The molecule has 0 atom stereocenters. The fraction of sp³-hybridized carbons (Fsp3) is 0.333. The van der Waals surface area contributed by atoms with Crippen LogP contribution in [0.3, 0.4) is 0 Å². The van der Waals surface area contributed by atoms with Gasteiger partial charge in [0.25, 0.3) is 0 Å². The van der Waals surface area contributed by atoms with E-state index in [1.807, 2.05) is 18.2 Å². The summed E-state index contributed by atoms with van der Waals surface area (Å²) >= 11 is 0. The molecular formula is C9H16IN3. The largest absolute Gasteiger partial charge is 0.326 e. The van der Waals surface area contributed by atoms with E-state index >= 15 is 0 Å². The van der Waals surface area contributed by atoms with Gasteiger partial charge < -0.3 is 17.2 Å². The van der Waals surface area contributed by atoms with Gasteiger partial charge in [-0.25, -0.2) is 0 Å². The molecule has 0 aliphatic heterocycles. The molecule has 1 rings (SSSR count). The van der Waals surface area contributed by atoms with Crippen molar-refractivity contribution in [3.8, 4) is 0 Å². The smallest absolute Gasteiger partial charge is 0.0184 e. The zero-order valence-corrected chi connectivity index (χ0v) is 9.82. The lowest BCUT2D eigenvalue weighted by Crippen LogP contribution is -2.11. The van der Waals surface area contributed by atoms with E-state index in [1.54, 1.807) is 0 Å². The minimum Gasteiger partial charge on any atom is -0.326 e. The lowest BCUT2D eigenvalue weighted by atomic mass is 10.0. The van der Waals surface area contributed by atoms with Gasteiger partial charge in [-0.1, -0.05) is 18.2 Å². The Morgan fingerprint density at radius 3 is 1.62 bits per heavy atom. The Morgan fingerprint density at radius 1 is 0.846 bits per heavy atom. The SMILES string of the molecule is I.NCc1cccc(CN)c1CN. The Morgan fingerprint density at radius 2 is 1.31 bits per heavy atom. The normalized spacial score (nSPS) is 9.46. The number of rotatable bonds is 3. The van der Waals surface area contributed by atoms with Crippen LogP contribution in [0.2, 0.25) is 0 Å². The summed E-state index contributed by atoms with van der Waals surface area (Å²) in [4.78, 5) is 0. The van der Waals surface area contributed by atoms with Gasteiger partial charge in [-0.2, -0.15) is 0 Å². The van der Waals surface area contributed by atoms with E-state index in [0.29, 0.717) is 19.6 Å². The maximum absolute atomic E-state index is 5.59. The highest BCUT2D eigenvalue weighted by Crippen LogP contribution is 2.13. The molecule has 0 spiro atoms. The molecule has 0 saturated heterocycles. The molecule has 0 aromatic heterocycles. The van der Waals surface area contributed by atoms with Crippen LogP contribution in [0.15, 0.2) is 18.2 Å². The number of halogens is 1. The molecule has 0 aliphatic carbocycles. The van der Waals surface area contributed by atoms with E-state index in [-0.39, 0.29) is 24.0 Å². The van der Waals surface area contributed by atoms with Crippen molar-refractivity contribution in [1.29, 1.82) is 0 Å². The fourth-order valence-electron chi connectivity index (χ4n) is 1.33. The van der Waals surface area contributed by atoms with Gasteiger partial charge >= 0.3 is 0 Å². The molecule has 0 unspecified atom stereocenters. The first-order valence-corrected chi connectivity index (χ1v) is 4.03.